The van der Waals surface area contributed by atoms with E-state index >= 15 is 0 Å². The van der Waals surface area contributed by atoms with Crippen LogP contribution in [-0.2, 0) is 14.3 Å². The summed E-state index contributed by atoms with van der Waals surface area (Å²) in [7, 11) is 0. The predicted octanol–water partition coefficient (Wildman–Crippen LogP) is 6.37. The van der Waals surface area contributed by atoms with E-state index in [-0.39, 0.29) is 36.2 Å². The zero-order valence-electron chi connectivity index (χ0n) is 25.3. The topological polar surface area (TPSA) is 112 Å². The van der Waals surface area contributed by atoms with Gasteiger partial charge in [-0.2, -0.15) is 0 Å². The minimum Gasteiger partial charge on any atom is -0.508 e. The molecule has 0 saturated carbocycles. The van der Waals surface area contributed by atoms with Gasteiger partial charge in [0.15, 0.2) is 0 Å². The van der Waals surface area contributed by atoms with E-state index in [0.717, 1.165) is 39.4 Å². The van der Waals surface area contributed by atoms with Gasteiger partial charge in [0, 0.05) is 23.5 Å². The van der Waals surface area contributed by atoms with E-state index in [4.69, 9.17) is 4.74 Å². The number of imide groups is 1. The van der Waals surface area contributed by atoms with Gasteiger partial charge in [0.2, 0.25) is 11.8 Å². The molecule has 0 spiro atoms. The van der Waals surface area contributed by atoms with Crippen LogP contribution in [0.2, 0.25) is 0 Å². The number of para-hydroxylation sites is 1. The first-order valence-corrected chi connectivity index (χ1v) is 15.7. The summed E-state index contributed by atoms with van der Waals surface area (Å²) in [6.07, 6.45) is 5.17. The summed E-state index contributed by atoms with van der Waals surface area (Å²) < 4.78 is 6.35. The molecule has 0 bridgehead atoms. The zero-order valence-corrected chi connectivity index (χ0v) is 25.3. The van der Waals surface area contributed by atoms with Crippen molar-refractivity contribution >= 4 is 40.5 Å². The Bertz CT molecular complexity index is 1790. The molecule has 1 aromatic heterocycles. The lowest BCUT2D eigenvalue weighted by Crippen LogP contribution is -2.35. The largest absolute Gasteiger partial charge is 0.508 e. The minimum absolute atomic E-state index is 0.174. The molecule has 8 heteroatoms. The average Bonchev–Trinajstić information content (AvgIpc) is 3.62. The molecule has 3 heterocycles. The lowest BCUT2D eigenvalue weighted by Gasteiger charge is -2.31. The number of aromatic nitrogens is 1. The molecule has 4 atom stereocenters. The van der Waals surface area contributed by atoms with Crippen molar-refractivity contribution < 1.29 is 24.5 Å². The number of hydrogen-bond acceptors (Lipinski definition) is 7. The fourth-order valence-electron chi connectivity index (χ4n) is 7.14. The van der Waals surface area contributed by atoms with Gasteiger partial charge < -0.3 is 20.3 Å². The molecule has 2 amide bonds. The standard InChI is InChI=1S/C38H35N3O5/c42-22-26-21-31-36(38(45)41(37(31)44)29-14-12-28(13-15-29)40-27-6-2-1-3-7-27)32-23-46-34(35(26)32)18-11-25(33-8-4-5-19-39-33)20-24-9-16-30(43)17-10-24/h1-10,12-17,19-20,31-32,34,36,40,42-43H,11,18,21-23H2/b25-20-/t31-,32+,34-,36-/m1/s1. The van der Waals surface area contributed by atoms with Crippen molar-refractivity contribution in [2.45, 2.75) is 25.4 Å². The van der Waals surface area contributed by atoms with E-state index in [0.29, 0.717) is 31.6 Å². The number of phenols is 1. The van der Waals surface area contributed by atoms with Gasteiger partial charge in [0.25, 0.3) is 0 Å². The quantitative estimate of drug-likeness (QED) is 0.149. The third kappa shape index (κ3) is 5.73. The Balaban J connectivity index is 1.10. The van der Waals surface area contributed by atoms with E-state index in [1.54, 1.807) is 30.5 Å². The van der Waals surface area contributed by atoms with Crippen LogP contribution in [0, 0.1) is 17.8 Å². The zero-order chi connectivity index (χ0) is 31.6. The van der Waals surface area contributed by atoms with Crippen LogP contribution in [0.25, 0.3) is 11.6 Å². The Morgan fingerprint density at radius 1 is 0.891 bits per heavy atom. The Labute approximate surface area is 267 Å². The molecule has 232 valence electrons. The van der Waals surface area contributed by atoms with Gasteiger partial charge in [0.1, 0.15) is 5.75 Å². The molecule has 46 heavy (non-hydrogen) atoms. The van der Waals surface area contributed by atoms with Crippen LogP contribution >= 0.6 is 0 Å². The van der Waals surface area contributed by atoms with Crippen LogP contribution in [0.15, 0.2) is 114 Å². The highest BCUT2D eigenvalue weighted by Gasteiger charge is 2.57. The number of carbonyl (C=O) groups excluding carboxylic acids is 2. The van der Waals surface area contributed by atoms with Gasteiger partial charge in [-0.05, 0) is 108 Å². The second-order valence-corrected chi connectivity index (χ2v) is 12.0. The fourth-order valence-corrected chi connectivity index (χ4v) is 7.14. The molecule has 4 aromatic rings. The molecule has 3 aromatic carbocycles. The first kappa shape index (κ1) is 29.6. The van der Waals surface area contributed by atoms with Crippen LogP contribution in [0.3, 0.4) is 0 Å². The number of aliphatic hydroxyl groups excluding tert-OH is 1. The maximum atomic E-state index is 14.0. The highest BCUT2D eigenvalue weighted by Crippen LogP contribution is 2.50. The van der Waals surface area contributed by atoms with Crippen LogP contribution in [0.4, 0.5) is 17.1 Å². The van der Waals surface area contributed by atoms with Gasteiger partial charge >= 0.3 is 0 Å². The van der Waals surface area contributed by atoms with Crippen molar-refractivity contribution in [1.82, 2.24) is 4.98 Å². The maximum absolute atomic E-state index is 14.0. The number of rotatable bonds is 9. The van der Waals surface area contributed by atoms with Crippen molar-refractivity contribution in [3.63, 3.8) is 0 Å². The van der Waals surface area contributed by atoms with Crippen LogP contribution in [-0.4, -0.2) is 46.3 Å². The number of aliphatic hydroxyl groups is 1. The molecule has 8 nitrogen and oxygen atoms in total. The summed E-state index contributed by atoms with van der Waals surface area (Å²) in [6.45, 7) is 0.157. The smallest absolute Gasteiger partial charge is 0.238 e. The van der Waals surface area contributed by atoms with E-state index in [1.807, 2.05) is 72.8 Å². The number of benzene rings is 3. The van der Waals surface area contributed by atoms with Gasteiger partial charge in [-0.15, -0.1) is 0 Å². The molecule has 1 aliphatic carbocycles. The molecule has 3 aliphatic rings. The van der Waals surface area contributed by atoms with Crippen molar-refractivity contribution in [3.8, 4) is 5.75 Å². The molecule has 2 fully saturated rings. The summed E-state index contributed by atoms with van der Waals surface area (Å²) >= 11 is 0. The van der Waals surface area contributed by atoms with Gasteiger partial charge in [-0.3, -0.25) is 19.5 Å². The van der Waals surface area contributed by atoms with Crippen molar-refractivity contribution in [2.75, 3.05) is 23.4 Å². The third-order valence-electron chi connectivity index (χ3n) is 9.29. The van der Waals surface area contributed by atoms with E-state index < -0.39 is 11.8 Å². The number of phenolic OH excluding ortho intramolecular Hbond substituents is 1. The number of pyridine rings is 1. The second-order valence-electron chi connectivity index (χ2n) is 12.0. The lowest BCUT2D eigenvalue weighted by atomic mass is 9.69. The Kier molecular flexibility index (Phi) is 8.22. The highest BCUT2D eigenvalue weighted by molar-refractivity contribution is 6.22. The summed E-state index contributed by atoms with van der Waals surface area (Å²) in [5, 5.41) is 23.5. The third-order valence-corrected chi connectivity index (χ3v) is 9.29. The minimum atomic E-state index is -0.522. The van der Waals surface area contributed by atoms with E-state index in [9.17, 15) is 19.8 Å². The van der Waals surface area contributed by atoms with Gasteiger partial charge in [-0.25, -0.2) is 0 Å². The number of aromatic hydroxyl groups is 1. The first-order chi connectivity index (χ1) is 22.5. The number of carbonyl (C=O) groups is 2. The maximum Gasteiger partial charge on any atom is 0.238 e. The summed E-state index contributed by atoms with van der Waals surface area (Å²) in [5.41, 5.74) is 6.94. The summed E-state index contributed by atoms with van der Waals surface area (Å²) in [6, 6.07) is 30.0. The number of nitrogens with one attached hydrogen (secondary N) is 1. The Hall–Kier alpha value is -5.05. The van der Waals surface area contributed by atoms with Crippen LogP contribution < -0.4 is 10.2 Å². The molecule has 7 rings (SSSR count). The number of ether oxygens (including phenoxy) is 1. The SMILES string of the molecule is O=C1[C@@H]2[C@@H](CC(CO)=C3[C@@H](CC/C(=C/c4ccc(O)cc4)c4ccccn4)OC[C@@H]32)C(=O)N1c1ccc(Nc2ccccc2)cc1. The van der Waals surface area contributed by atoms with Gasteiger partial charge in [0.05, 0.1) is 42.5 Å². The van der Waals surface area contributed by atoms with E-state index in [2.05, 4.69) is 16.4 Å². The van der Waals surface area contributed by atoms with Crippen LogP contribution in [0.1, 0.15) is 30.5 Å². The fraction of sp³-hybridized carbons (Fsp3) is 0.237. The molecule has 2 saturated heterocycles. The summed E-state index contributed by atoms with van der Waals surface area (Å²) in [4.78, 5) is 33.6. The normalized spacial score (nSPS) is 22.6. The second kappa shape index (κ2) is 12.7. The van der Waals surface area contributed by atoms with Crippen LogP contribution in [0.5, 0.6) is 5.75 Å². The predicted molar refractivity (Wildman–Crippen MR) is 177 cm³/mol. The molecule has 0 unspecified atom stereocenters. The number of anilines is 3. The number of nitrogens with zero attached hydrogens (tertiary/aromatic N) is 2. The van der Waals surface area contributed by atoms with E-state index in [1.165, 1.54) is 4.90 Å². The molecule has 3 N–H and O–H groups in total. The lowest BCUT2D eigenvalue weighted by molar-refractivity contribution is -0.122. The van der Waals surface area contributed by atoms with Gasteiger partial charge in [-0.1, -0.05) is 36.4 Å². The highest BCUT2D eigenvalue weighted by atomic mass is 16.5. The molecular formula is C38H35N3O5. The Morgan fingerprint density at radius 2 is 1.63 bits per heavy atom. The average molecular weight is 614 g/mol. The number of hydrogen-bond donors (Lipinski definition) is 3. The molecule has 2 aliphatic heterocycles. The van der Waals surface area contributed by atoms with Crippen molar-refractivity contribution in [2.24, 2.45) is 17.8 Å². The molecular weight excluding hydrogens is 578 g/mol. The summed E-state index contributed by atoms with van der Waals surface area (Å²) in [5.74, 6) is -1.52. The number of allylic oxidation sites excluding steroid dienone is 1. The Morgan fingerprint density at radius 3 is 2.35 bits per heavy atom. The monoisotopic (exact) mass is 613 g/mol. The first-order valence-electron chi connectivity index (χ1n) is 15.7. The van der Waals surface area contributed by atoms with Crippen molar-refractivity contribution in [1.29, 1.82) is 0 Å². The molecule has 0 radical (unpaired) electrons. The number of amides is 2. The van der Waals surface area contributed by atoms with Crippen molar-refractivity contribution in [3.05, 3.63) is 126 Å². The number of fused-ring (bicyclic) bond motifs is 3.